The van der Waals surface area contributed by atoms with Gasteiger partial charge < -0.3 is 10.8 Å². The van der Waals surface area contributed by atoms with Crippen molar-refractivity contribution in [3.05, 3.63) is 23.9 Å². The fourth-order valence-corrected chi connectivity index (χ4v) is 3.47. The van der Waals surface area contributed by atoms with Gasteiger partial charge in [-0.05, 0) is 55.6 Å². The highest BCUT2D eigenvalue weighted by atomic mass is 16.3. The summed E-state index contributed by atoms with van der Waals surface area (Å²) in [6, 6.07) is 3.89. The third-order valence-electron chi connectivity index (χ3n) is 4.59. The number of nitrogen functional groups attached to an aromatic ring is 1. The maximum Gasteiger partial charge on any atom is 0.126 e. The fourth-order valence-electron chi connectivity index (χ4n) is 3.47. The van der Waals surface area contributed by atoms with E-state index in [-0.39, 0.29) is 0 Å². The van der Waals surface area contributed by atoms with Gasteiger partial charge in [0.15, 0.2) is 0 Å². The molecule has 2 atom stereocenters. The van der Waals surface area contributed by atoms with Gasteiger partial charge in [-0.25, -0.2) is 4.98 Å². The molecular formula is C15H22N2O. The van der Waals surface area contributed by atoms with Gasteiger partial charge in [0, 0.05) is 12.6 Å². The minimum atomic E-state index is -0.553. The van der Waals surface area contributed by atoms with Crippen LogP contribution in [0.15, 0.2) is 18.3 Å². The Bertz CT molecular complexity index is 430. The topological polar surface area (TPSA) is 59.1 Å². The monoisotopic (exact) mass is 246 g/mol. The highest BCUT2D eigenvalue weighted by molar-refractivity contribution is 5.39. The van der Waals surface area contributed by atoms with Gasteiger partial charge in [-0.1, -0.05) is 12.5 Å². The molecule has 2 unspecified atom stereocenters. The molecule has 1 heterocycles. The van der Waals surface area contributed by atoms with Crippen LogP contribution in [-0.2, 0) is 6.42 Å². The maximum atomic E-state index is 10.8. The van der Waals surface area contributed by atoms with Crippen LogP contribution in [0.25, 0.3) is 0 Å². The summed E-state index contributed by atoms with van der Waals surface area (Å²) in [5.74, 6) is 2.20. The highest BCUT2D eigenvalue weighted by Gasteiger charge is 2.41. The summed E-state index contributed by atoms with van der Waals surface area (Å²) >= 11 is 0. The van der Waals surface area contributed by atoms with E-state index < -0.39 is 5.60 Å². The zero-order valence-electron chi connectivity index (χ0n) is 10.8. The number of pyridine rings is 1. The number of nitrogens with two attached hydrogens (primary N) is 1. The van der Waals surface area contributed by atoms with Gasteiger partial charge >= 0.3 is 0 Å². The molecule has 18 heavy (non-hydrogen) atoms. The summed E-state index contributed by atoms with van der Waals surface area (Å²) < 4.78 is 0. The number of aliphatic hydroxyl groups is 1. The molecule has 2 aliphatic carbocycles. The molecule has 3 heteroatoms. The second-order valence-corrected chi connectivity index (χ2v) is 6.14. The third-order valence-corrected chi connectivity index (χ3v) is 4.59. The van der Waals surface area contributed by atoms with E-state index in [4.69, 9.17) is 5.73 Å². The number of rotatable bonds is 3. The number of hydrogen-bond acceptors (Lipinski definition) is 3. The van der Waals surface area contributed by atoms with Crippen LogP contribution in [0, 0.1) is 11.8 Å². The van der Waals surface area contributed by atoms with Crippen LogP contribution in [0.5, 0.6) is 0 Å². The molecule has 1 aromatic heterocycles. The van der Waals surface area contributed by atoms with Crippen LogP contribution in [0.4, 0.5) is 5.82 Å². The van der Waals surface area contributed by atoms with Crippen molar-refractivity contribution in [2.75, 3.05) is 5.73 Å². The van der Waals surface area contributed by atoms with Gasteiger partial charge in [-0.15, -0.1) is 0 Å². The van der Waals surface area contributed by atoms with Crippen LogP contribution in [0.2, 0.25) is 0 Å². The SMILES string of the molecule is Nc1ncccc1CC1(O)CCCC(C2CC2)C1. The van der Waals surface area contributed by atoms with E-state index in [1.807, 2.05) is 12.1 Å². The maximum absolute atomic E-state index is 10.8. The van der Waals surface area contributed by atoms with Gasteiger partial charge in [0.25, 0.3) is 0 Å². The molecule has 2 saturated carbocycles. The summed E-state index contributed by atoms with van der Waals surface area (Å²) in [6.07, 6.45) is 9.42. The molecular weight excluding hydrogens is 224 g/mol. The van der Waals surface area contributed by atoms with E-state index in [0.717, 1.165) is 36.7 Å². The Hall–Kier alpha value is -1.09. The zero-order valence-corrected chi connectivity index (χ0v) is 10.8. The van der Waals surface area contributed by atoms with Crippen molar-refractivity contribution >= 4 is 5.82 Å². The molecule has 0 amide bonds. The molecule has 98 valence electrons. The van der Waals surface area contributed by atoms with Crippen LogP contribution in [0.1, 0.15) is 44.1 Å². The van der Waals surface area contributed by atoms with E-state index in [1.165, 1.54) is 19.3 Å². The van der Waals surface area contributed by atoms with E-state index in [1.54, 1.807) is 6.20 Å². The fraction of sp³-hybridized carbons (Fsp3) is 0.667. The number of nitrogens with zero attached hydrogens (tertiary/aromatic N) is 1. The Morgan fingerprint density at radius 3 is 2.89 bits per heavy atom. The molecule has 3 nitrogen and oxygen atoms in total. The van der Waals surface area contributed by atoms with E-state index in [0.29, 0.717) is 12.2 Å². The van der Waals surface area contributed by atoms with Crippen LogP contribution in [0.3, 0.4) is 0 Å². The molecule has 0 spiro atoms. The van der Waals surface area contributed by atoms with Gasteiger partial charge in [0.2, 0.25) is 0 Å². The molecule has 0 saturated heterocycles. The van der Waals surface area contributed by atoms with Crippen molar-refractivity contribution in [1.29, 1.82) is 0 Å². The lowest BCUT2D eigenvalue weighted by atomic mass is 9.73. The molecule has 3 N–H and O–H groups in total. The van der Waals surface area contributed by atoms with Crippen LogP contribution in [-0.4, -0.2) is 15.7 Å². The number of anilines is 1. The van der Waals surface area contributed by atoms with Gasteiger partial charge in [-0.3, -0.25) is 0 Å². The summed E-state index contributed by atoms with van der Waals surface area (Å²) in [4.78, 5) is 4.11. The minimum absolute atomic E-state index is 0.553. The highest BCUT2D eigenvalue weighted by Crippen LogP contribution is 2.47. The molecule has 1 aromatic rings. The lowest BCUT2D eigenvalue weighted by Crippen LogP contribution is -2.38. The third kappa shape index (κ3) is 2.51. The first kappa shape index (κ1) is 12.0. The largest absolute Gasteiger partial charge is 0.390 e. The van der Waals surface area contributed by atoms with E-state index in [2.05, 4.69) is 4.98 Å². The summed E-state index contributed by atoms with van der Waals surface area (Å²) in [6.45, 7) is 0. The first-order valence-electron chi connectivity index (χ1n) is 7.08. The number of hydrogen-bond donors (Lipinski definition) is 2. The predicted molar refractivity (Wildman–Crippen MR) is 72.0 cm³/mol. The Morgan fingerprint density at radius 1 is 1.33 bits per heavy atom. The quantitative estimate of drug-likeness (QED) is 0.861. The molecule has 3 rings (SSSR count). The van der Waals surface area contributed by atoms with Crippen molar-refractivity contribution in [2.45, 2.75) is 50.5 Å². The van der Waals surface area contributed by atoms with Gasteiger partial charge in [0.05, 0.1) is 5.60 Å². The summed E-state index contributed by atoms with van der Waals surface area (Å²) in [7, 11) is 0. The van der Waals surface area contributed by atoms with Crippen molar-refractivity contribution in [2.24, 2.45) is 11.8 Å². The number of aromatic nitrogens is 1. The molecule has 2 aliphatic rings. The molecule has 0 aromatic carbocycles. The predicted octanol–water partition coefficient (Wildman–Crippen LogP) is 2.54. The average molecular weight is 246 g/mol. The van der Waals surface area contributed by atoms with Crippen molar-refractivity contribution in [3.63, 3.8) is 0 Å². The first-order chi connectivity index (χ1) is 8.66. The van der Waals surface area contributed by atoms with Crippen LogP contribution < -0.4 is 5.73 Å². The van der Waals surface area contributed by atoms with Crippen molar-refractivity contribution < 1.29 is 5.11 Å². The summed E-state index contributed by atoms with van der Waals surface area (Å²) in [5, 5.41) is 10.8. The van der Waals surface area contributed by atoms with Crippen molar-refractivity contribution in [1.82, 2.24) is 4.98 Å². The summed E-state index contributed by atoms with van der Waals surface area (Å²) in [5.41, 5.74) is 6.32. The normalized spacial score (nSPS) is 32.4. The Labute approximate surface area is 108 Å². The molecule has 0 bridgehead atoms. The van der Waals surface area contributed by atoms with Crippen LogP contribution >= 0.6 is 0 Å². The second-order valence-electron chi connectivity index (χ2n) is 6.14. The van der Waals surface area contributed by atoms with Crippen molar-refractivity contribution in [3.8, 4) is 0 Å². The minimum Gasteiger partial charge on any atom is -0.390 e. The van der Waals surface area contributed by atoms with E-state index in [9.17, 15) is 5.11 Å². The van der Waals surface area contributed by atoms with E-state index >= 15 is 0 Å². The zero-order chi connectivity index (χ0) is 12.6. The Kier molecular flexibility index (Phi) is 3.02. The lowest BCUT2D eigenvalue weighted by Gasteiger charge is -2.37. The lowest BCUT2D eigenvalue weighted by molar-refractivity contribution is -0.0195. The molecule has 0 aliphatic heterocycles. The van der Waals surface area contributed by atoms with Gasteiger partial charge in [-0.2, -0.15) is 0 Å². The Morgan fingerprint density at radius 2 is 2.17 bits per heavy atom. The second kappa shape index (κ2) is 4.54. The molecule has 2 fully saturated rings. The van der Waals surface area contributed by atoms with Gasteiger partial charge in [0.1, 0.15) is 5.82 Å². The smallest absolute Gasteiger partial charge is 0.126 e. The first-order valence-corrected chi connectivity index (χ1v) is 7.08. The standard InChI is InChI=1S/C15H22N2O/c16-14-13(4-2-8-17-14)10-15(18)7-1-3-12(9-15)11-5-6-11/h2,4,8,11-12,18H,1,3,5-7,9-10H2,(H2,16,17). The average Bonchev–Trinajstić information content (AvgIpc) is 3.16. The Balaban J connectivity index is 1.72. The molecule has 0 radical (unpaired) electrons.